The van der Waals surface area contributed by atoms with Gasteiger partial charge in [-0.25, -0.2) is 18.1 Å². The molecule has 8 heteroatoms. The van der Waals surface area contributed by atoms with Gasteiger partial charge < -0.3 is 4.90 Å². The van der Waals surface area contributed by atoms with Gasteiger partial charge in [-0.1, -0.05) is 6.42 Å². The van der Waals surface area contributed by atoms with Crippen LogP contribution in [-0.2, 0) is 21.1 Å². The maximum Gasteiger partial charge on any atom is 0.222 e. The highest BCUT2D eigenvalue weighted by Gasteiger charge is 2.31. The maximum atomic E-state index is 12.1. The van der Waals surface area contributed by atoms with Crippen molar-refractivity contribution in [2.75, 3.05) is 24.6 Å². The lowest BCUT2D eigenvalue weighted by atomic mass is 10.2. The third-order valence-electron chi connectivity index (χ3n) is 4.64. The van der Waals surface area contributed by atoms with Crippen molar-refractivity contribution in [3.05, 3.63) is 11.6 Å². The molecule has 1 aromatic heterocycles. The van der Waals surface area contributed by atoms with Crippen LogP contribution in [0, 0.1) is 6.92 Å². The Hall–Kier alpha value is -1.44. The second-order valence-electron chi connectivity index (χ2n) is 6.52. The fourth-order valence-electron chi connectivity index (χ4n) is 3.42. The van der Waals surface area contributed by atoms with Crippen molar-refractivity contribution in [2.45, 2.75) is 51.5 Å². The molecule has 3 rings (SSSR count). The first-order chi connectivity index (χ1) is 10.9. The molecule has 1 amide bonds. The number of aryl methyl sites for hydroxylation is 1. The van der Waals surface area contributed by atoms with Gasteiger partial charge in [0.15, 0.2) is 9.84 Å². The SMILES string of the molecule is Cc1nc(CCN2CCCCCC2=O)n(C2CCS(=O)(=O)C2)n1. The summed E-state index contributed by atoms with van der Waals surface area (Å²) < 4.78 is 25.2. The molecule has 2 fully saturated rings. The zero-order chi connectivity index (χ0) is 16.4. The molecule has 0 radical (unpaired) electrons. The van der Waals surface area contributed by atoms with Gasteiger partial charge in [0.1, 0.15) is 11.6 Å². The number of sulfone groups is 1. The monoisotopic (exact) mass is 340 g/mol. The van der Waals surface area contributed by atoms with E-state index in [1.54, 1.807) is 4.68 Å². The third-order valence-corrected chi connectivity index (χ3v) is 6.39. The van der Waals surface area contributed by atoms with E-state index in [1.165, 1.54) is 0 Å². The normalized spacial score (nSPS) is 24.8. The summed E-state index contributed by atoms with van der Waals surface area (Å²) in [6.07, 6.45) is 5.00. The van der Waals surface area contributed by atoms with E-state index < -0.39 is 9.84 Å². The molecule has 128 valence electrons. The van der Waals surface area contributed by atoms with Crippen LogP contribution >= 0.6 is 0 Å². The minimum atomic E-state index is -2.95. The minimum Gasteiger partial charge on any atom is -0.342 e. The molecule has 1 atom stereocenters. The van der Waals surface area contributed by atoms with Gasteiger partial charge in [0.05, 0.1) is 17.5 Å². The van der Waals surface area contributed by atoms with Crippen LogP contribution in [0.1, 0.15) is 49.8 Å². The molecule has 7 nitrogen and oxygen atoms in total. The third kappa shape index (κ3) is 3.91. The Balaban J connectivity index is 1.69. The smallest absolute Gasteiger partial charge is 0.222 e. The van der Waals surface area contributed by atoms with Gasteiger partial charge >= 0.3 is 0 Å². The van der Waals surface area contributed by atoms with Gasteiger partial charge in [-0.3, -0.25) is 4.79 Å². The quantitative estimate of drug-likeness (QED) is 0.813. The molecule has 2 aliphatic heterocycles. The van der Waals surface area contributed by atoms with Crippen molar-refractivity contribution in [2.24, 2.45) is 0 Å². The van der Waals surface area contributed by atoms with E-state index in [0.717, 1.165) is 31.6 Å². The molecule has 1 unspecified atom stereocenters. The van der Waals surface area contributed by atoms with Crippen LogP contribution in [0.15, 0.2) is 0 Å². The zero-order valence-electron chi connectivity index (χ0n) is 13.6. The van der Waals surface area contributed by atoms with Crippen molar-refractivity contribution < 1.29 is 13.2 Å². The lowest BCUT2D eigenvalue weighted by molar-refractivity contribution is -0.130. The van der Waals surface area contributed by atoms with Crippen LogP contribution < -0.4 is 0 Å². The summed E-state index contributed by atoms with van der Waals surface area (Å²) in [6, 6.07) is -0.115. The molecule has 23 heavy (non-hydrogen) atoms. The lowest BCUT2D eigenvalue weighted by Crippen LogP contribution is -2.33. The van der Waals surface area contributed by atoms with E-state index in [0.29, 0.717) is 31.6 Å². The van der Waals surface area contributed by atoms with E-state index >= 15 is 0 Å². The summed E-state index contributed by atoms with van der Waals surface area (Å²) in [7, 11) is -2.95. The zero-order valence-corrected chi connectivity index (χ0v) is 14.4. The standard InChI is InChI=1S/C15H24N4O3S/c1-12-16-14(6-9-18-8-4-2-3-5-15(18)20)19(17-12)13-7-10-23(21,22)11-13/h13H,2-11H2,1H3. The highest BCUT2D eigenvalue weighted by atomic mass is 32.2. The second kappa shape index (κ2) is 6.59. The van der Waals surface area contributed by atoms with Crippen LogP contribution in [0.2, 0.25) is 0 Å². The molecule has 2 aliphatic rings. The number of carbonyl (C=O) groups is 1. The van der Waals surface area contributed by atoms with E-state index in [1.807, 2.05) is 11.8 Å². The Morgan fingerprint density at radius 2 is 2.09 bits per heavy atom. The molecule has 0 saturated carbocycles. The first kappa shape index (κ1) is 16.4. The van der Waals surface area contributed by atoms with Crippen molar-refractivity contribution in [1.82, 2.24) is 19.7 Å². The Morgan fingerprint density at radius 1 is 1.26 bits per heavy atom. The summed E-state index contributed by atoms with van der Waals surface area (Å²) >= 11 is 0. The first-order valence-electron chi connectivity index (χ1n) is 8.35. The molecule has 0 N–H and O–H groups in total. The average molecular weight is 340 g/mol. The highest BCUT2D eigenvalue weighted by molar-refractivity contribution is 7.91. The van der Waals surface area contributed by atoms with Gasteiger partial charge in [0.2, 0.25) is 5.91 Å². The molecule has 0 aromatic carbocycles. The predicted octanol–water partition coefficient (Wildman–Crippen LogP) is 0.891. The van der Waals surface area contributed by atoms with Crippen LogP contribution in [0.3, 0.4) is 0 Å². The Labute approximate surface area is 137 Å². The van der Waals surface area contributed by atoms with Crippen LogP contribution in [-0.4, -0.2) is 58.6 Å². The Bertz CT molecular complexity index is 683. The van der Waals surface area contributed by atoms with Gasteiger partial charge in [-0.15, -0.1) is 0 Å². The van der Waals surface area contributed by atoms with Crippen molar-refractivity contribution in [3.8, 4) is 0 Å². The van der Waals surface area contributed by atoms with E-state index in [9.17, 15) is 13.2 Å². The maximum absolute atomic E-state index is 12.1. The van der Waals surface area contributed by atoms with Crippen LogP contribution in [0.25, 0.3) is 0 Å². The molecular weight excluding hydrogens is 316 g/mol. The lowest BCUT2D eigenvalue weighted by Gasteiger charge is -2.20. The molecule has 0 aliphatic carbocycles. The summed E-state index contributed by atoms with van der Waals surface area (Å²) in [5.74, 6) is 2.04. The van der Waals surface area contributed by atoms with Crippen LogP contribution in [0.4, 0.5) is 0 Å². The number of nitrogens with zero attached hydrogens (tertiary/aromatic N) is 4. The average Bonchev–Trinajstić information content (AvgIpc) is 2.96. The van der Waals surface area contributed by atoms with Gasteiger partial charge in [-0.2, -0.15) is 5.10 Å². The Kier molecular flexibility index (Phi) is 4.70. The summed E-state index contributed by atoms with van der Waals surface area (Å²) in [5.41, 5.74) is 0. The number of likely N-dealkylation sites (tertiary alicyclic amines) is 1. The predicted molar refractivity (Wildman–Crippen MR) is 85.8 cm³/mol. The second-order valence-corrected chi connectivity index (χ2v) is 8.75. The molecule has 0 spiro atoms. The van der Waals surface area contributed by atoms with E-state index in [-0.39, 0.29) is 23.5 Å². The number of aromatic nitrogens is 3. The van der Waals surface area contributed by atoms with Crippen molar-refractivity contribution in [1.29, 1.82) is 0 Å². The minimum absolute atomic E-state index is 0.115. The highest BCUT2D eigenvalue weighted by Crippen LogP contribution is 2.24. The number of hydrogen-bond acceptors (Lipinski definition) is 5. The fraction of sp³-hybridized carbons (Fsp3) is 0.800. The molecule has 2 saturated heterocycles. The molecule has 1 aromatic rings. The number of carbonyl (C=O) groups excluding carboxylic acids is 1. The molecular formula is C15H24N4O3S. The number of amides is 1. The summed E-state index contributed by atoms with van der Waals surface area (Å²) in [4.78, 5) is 18.4. The topological polar surface area (TPSA) is 85.2 Å². The van der Waals surface area contributed by atoms with Crippen molar-refractivity contribution >= 4 is 15.7 Å². The van der Waals surface area contributed by atoms with Gasteiger partial charge in [-0.05, 0) is 26.2 Å². The molecule has 0 bridgehead atoms. The first-order valence-corrected chi connectivity index (χ1v) is 10.2. The molecule has 3 heterocycles. The number of rotatable bonds is 4. The summed E-state index contributed by atoms with van der Waals surface area (Å²) in [6.45, 7) is 3.26. The fourth-order valence-corrected chi connectivity index (χ4v) is 5.11. The summed E-state index contributed by atoms with van der Waals surface area (Å²) in [5, 5.41) is 4.40. The van der Waals surface area contributed by atoms with Gasteiger partial charge in [0.25, 0.3) is 0 Å². The largest absolute Gasteiger partial charge is 0.342 e. The van der Waals surface area contributed by atoms with Gasteiger partial charge in [0, 0.05) is 25.9 Å². The van der Waals surface area contributed by atoms with E-state index in [2.05, 4.69) is 10.1 Å². The number of hydrogen-bond donors (Lipinski definition) is 0. The van der Waals surface area contributed by atoms with Crippen molar-refractivity contribution in [3.63, 3.8) is 0 Å². The van der Waals surface area contributed by atoms with E-state index in [4.69, 9.17) is 0 Å². The Morgan fingerprint density at radius 3 is 2.83 bits per heavy atom. The van der Waals surface area contributed by atoms with Crippen LogP contribution in [0.5, 0.6) is 0 Å².